The Labute approximate surface area is 148 Å². The maximum absolute atomic E-state index is 13.0. The number of benzene rings is 1. The number of carbonyl (C=O) groups is 1. The van der Waals surface area contributed by atoms with E-state index in [0.29, 0.717) is 23.9 Å². The van der Waals surface area contributed by atoms with Crippen LogP contribution in [-0.4, -0.2) is 34.0 Å². The topological polar surface area (TPSA) is 58.2 Å². The summed E-state index contributed by atoms with van der Waals surface area (Å²) in [6, 6.07) is 9.67. The summed E-state index contributed by atoms with van der Waals surface area (Å²) < 4.78 is 18.2. The van der Waals surface area contributed by atoms with Gasteiger partial charge in [-0.3, -0.25) is 9.69 Å². The van der Waals surface area contributed by atoms with Gasteiger partial charge in [-0.15, -0.1) is 11.7 Å². The fourth-order valence-corrected chi connectivity index (χ4v) is 3.49. The number of hydrogen-bond donors (Lipinski definition) is 0. The molecule has 128 valence electrons. The third-order valence-electron chi connectivity index (χ3n) is 3.54. The standard InChI is InChI=1S/C18H16FN3O2S/c1-2-9-22-17(23)16(11-13-5-7-14(19)8-6-13)25-18(22)21-20-12-15-4-3-10-24-15/h2-8,10,12,16H,1,9,11H2/b20-12-,21-18-/t16-/m1/s1. The SMILES string of the molecule is C=CCN1C(=O)[C@@H](Cc2ccc(F)cc2)S/C1=N\N=C/c1ccco1. The van der Waals surface area contributed by atoms with Crippen LogP contribution in [0, 0.1) is 5.82 Å². The van der Waals surface area contributed by atoms with Gasteiger partial charge in [0.1, 0.15) is 11.6 Å². The van der Waals surface area contributed by atoms with Crippen molar-refractivity contribution in [2.24, 2.45) is 10.2 Å². The Morgan fingerprint density at radius 1 is 1.32 bits per heavy atom. The average molecular weight is 357 g/mol. The summed E-state index contributed by atoms with van der Waals surface area (Å²) in [5, 5.41) is 8.32. The highest BCUT2D eigenvalue weighted by Gasteiger charge is 2.37. The van der Waals surface area contributed by atoms with Gasteiger partial charge in [0.2, 0.25) is 5.91 Å². The van der Waals surface area contributed by atoms with Crippen LogP contribution in [0.1, 0.15) is 11.3 Å². The van der Waals surface area contributed by atoms with Crippen LogP contribution < -0.4 is 0 Å². The van der Waals surface area contributed by atoms with Gasteiger partial charge in [-0.2, -0.15) is 5.10 Å². The Hall–Kier alpha value is -2.67. The zero-order valence-electron chi connectivity index (χ0n) is 13.3. The van der Waals surface area contributed by atoms with E-state index < -0.39 is 0 Å². The molecule has 25 heavy (non-hydrogen) atoms. The van der Waals surface area contributed by atoms with E-state index in [1.165, 1.54) is 30.1 Å². The molecule has 1 aliphatic rings. The van der Waals surface area contributed by atoms with Crippen molar-refractivity contribution in [2.75, 3.05) is 6.54 Å². The van der Waals surface area contributed by atoms with Gasteiger partial charge in [0.05, 0.1) is 17.7 Å². The van der Waals surface area contributed by atoms with Crippen LogP contribution in [0.25, 0.3) is 0 Å². The van der Waals surface area contributed by atoms with Gasteiger partial charge in [-0.05, 0) is 36.2 Å². The van der Waals surface area contributed by atoms with E-state index in [1.807, 2.05) is 0 Å². The first-order valence-electron chi connectivity index (χ1n) is 7.65. The lowest BCUT2D eigenvalue weighted by atomic mass is 10.1. The van der Waals surface area contributed by atoms with E-state index in [9.17, 15) is 9.18 Å². The minimum absolute atomic E-state index is 0.0545. The molecule has 0 radical (unpaired) electrons. The normalized spacial score (nSPS) is 19.2. The van der Waals surface area contributed by atoms with E-state index in [-0.39, 0.29) is 17.0 Å². The van der Waals surface area contributed by atoms with Crippen molar-refractivity contribution in [3.63, 3.8) is 0 Å². The maximum atomic E-state index is 13.0. The summed E-state index contributed by atoms with van der Waals surface area (Å²) in [5.74, 6) is 0.231. The number of carbonyl (C=O) groups excluding carboxylic acids is 1. The van der Waals surface area contributed by atoms with E-state index >= 15 is 0 Å². The van der Waals surface area contributed by atoms with Crippen molar-refractivity contribution >= 4 is 29.1 Å². The van der Waals surface area contributed by atoms with Gasteiger partial charge >= 0.3 is 0 Å². The van der Waals surface area contributed by atoms with Crippen LogP contribution in [0.5, 0.6) is 0 Å². The maximum Gasteiger partial charge on any atom is 0.242 e. The highest BCUT2D eigenvalue weighted by molar-refractivity contribution is 8.15. The second-order valence-electron chi connectivity index (χ2n) is 5.32. The molecule has 0 unspecified atom stereocenters. The Bertz CT molecular complexity index is 800. The summed E-state index contributed by atoms with van der Waals surface area (Å²) in [7, 11) is 0. The monoisotopic (exact) mass is 357 g/mol. The largest absolute Gasteiger partial charge is 0.463 e. The molecule has 1 saturated heterocycles. The van der Waals surface area contributed by atoms with E-state index in [1.54, 1.807) is 41.5 Å². The van der Waals surface area contributed by atoms with Crippen molar-refractivity contribution in [3.05, 3.63) is 72.5 Å². The van der Waals surface area contributed by atoms with Gasteiger partial charge in [0.15, 0.2) is 5.17 Å². The van der Waals surface area contributed by atoms with Gasteiger partial charge in [-0.25, -0.2) is 4.39 Å². The van der Waals surface area contributed by atoms with Crippen LogP contribution in [-0.2, 0) is 11.2 Å². The second kappa shape index (κ2) is 7.94. The molecule has 1 atom stereocenters. The molecular weight excluding hydrogens is 341 g/mol. The average Bonchev–Trinajstić information content (AvgIpc) is 3.21. The molecule has 1 aliphatic heterocycles. The van der Waals surface area contributed by atoms with Gasteiger partial charge < -0.3 is 4.42 Å². The third kappa shape index (κ3) is 4.24. The summed E-state index contributed by atoms with van der Waals surface area (Å²) in [6.07, 6.45) is 5.17. The van der Waals surface area contributed by atoms with Crippen LogP contribution in [0.4, 0.5) is 4.39 Å². The lowest BCUT2D eigenvalue weighted by molar-refractivity contribution is -0.125. The quantitative estimate of drug-likeness (QED) is 0.452. The Kier molecular flexibility index (Phi) is 5.45. The first kappa shape index (κ1) is 17.2. The Balaban J connectivity index is 1.74. The zero-order chi connectivity index (χ0) is 17.6. The molecule has 1 aromatic carbocycles. The number of hydrogen-bond acceptors (Lipinski definition) is 5. The first-order valence-corrected chi connectivity index (χ1v) is 8.53. The molecule has 1 fully saturated rings. The summed E-state index contributed by atoms with van der Waals surface area (Å²) in [5.41, 5.74) is 0.895. The zero-order valence-corrected chi connectivity index (χ0v) is 14.2. The van der Waals surface area contributed by atoms with Gasteiger partial charge in [0, 0.05) is 6.54 Å². The number of rotatable bonds is 6. The highest BCUT2D eigenvalue weighted by atomic mass is 32.2. The number of furan rings is 1. The number of halogens is 1. The molecule has 0 bridgehead atoms. The number of thioether (sulfide) groups is 1. The van der Waals surface area contributed by atoms with Crippen LogP contribution in [0.2, 0.25) is 0 Å². The van der Waals surface area contributed by atoms with Gasteiger partial charge in [-0.1, -0.05) is 30.0 Å². The fraction of sp³-hybridized carbons (Fsp3) is 0.167. The van der Waals surface area contributed by atoms with Crippen molar-refractivity contribution in [3.8, 4) is 0 Å². The predicted molar refractivity (Wildman–Crippen MR) is 97.1 cm³/mol. The molecule has 1 aromatic heterocycles. The van der Waals surface area contributed by atoms with Crippen LogP contribution in [0.3, 0.4) is 0 Å². The molecule has 7 heteroatoms. The lowest BCUT2D eigenvalue weighted by Crippen LogP contribution is -2.32. The van der Waals surface area contributed by atoms with Gasteiger partial charge in [0.25, 0.3) is 0 Å². The first-order chi connectivity index (χ1) is 12.2. The third-order valence-corrected chi connectivity index (χ3v) is 4.70. The predicted octanol–water partition coefficient (Wildman–Crippen LogP) is 3.48. The van der Waals surface area contributed by atoms with E-state index in [4.69, 9.17) is 4.42 Å². The molecule has 3 rings (SSSR count). The number of amidine groups is 1. The van der Waals surface area contributed by atoms with E-state index in [0.717, 1.165) is 5.56 Å². The van der Waals surface area contributed by atoms with Crippen molar-refractivity contribution in [2.45, 2.75) is 11.7 Å². The Morgan fingerprint density at radius 3 is 2.80 bits per heavy atom. The summed E-state index contributed by atoms with van der Waals surface area (Å²) in [4.78, 5) is 14.1. The molecule has 1 amide bonds. The molecule has 0 saturated carbocycles. The van der Waals surface area contributed by atoms with Crippen molar-refractivity contribution in [1.82, 2.24) is 4.90 Å². The second-order valence-corrected chi connectivity index (χ2v) is 6.49. The van der Waals surface area contributed by atoms with Crippen molar-refractivity contribution in [1.29, 1.82) is 0 Å². The molecule has 0 aliphatic carbocycles. The smallest absolute Gasteiger partial charge is 0.242 e. The molecule has 5 nitrogen and oxygen atoms in total. The van der Waals surface area contributed by atoms with Crippen LogP contribution in [0.15, 0.2) is 69.9 Å². The molecule has 0 spiro atoms. The van der Waals surface area contributed by atoms with E-state index in [2.05, 4.69) is 16.8 Å². The molecule has 0 N–H and O–H groups in total. The number of amides is 1. The minimum Gasteiger partial charge on any atom is -0.463 e. The molecule has 2 aromatic rings. The highest BCUT2D eigenvalue weighted by Crippen LogP contribution is 2.30. The molecule has 2 heterocycles. The summed E-state index contributed by atoms with van der Waals surface area (Å²) >= 11 is 1.34. The van der Waals surface area contributed by atoms with Crippen molar-refractivity contribution < 1.29 is 13.6 Å². The Morgan fingerprint density at radius 2 is 2.12 bits per heavy atom. The van der Waals surface area contributed by atoms with Crippen LogP contribution >= 0.6 is 11.8 Å². The fourth-order valence-electron chi connectivity index (χ4n) is 2.35. The molecular formula is C18H16FN3O2S. The number of nitrogens with zero attached hydrogens (tertiary/aromatic N) is 3. The lowest BCUT2D eigenvalue weighted by Gasteiger charge is -2.12. The minimum atomic E-state index is -0.317. The summed E-state index contributed by atoms with van der Waals surface area (Å²) in [6.45, 7) is 4.04.